The Balaban J connectivity index is 1.93. The number of halogens is 2. The van der Waals surface area contributed by atoms with Crippen molar-refractivity contribution in [2.45, 2.75) is 4.90 Å². The Morgan fingerprint density at radius 1 is 1.08 bits per heavy atom. The summed E-state index contributed by atoms with van der Waals surface area (Å²) in [5, 5.41) is 0.473. The molecule has 0 amide bonds. The van der Waals surface area contributed by atoms with E-state index < -0.39 is 10.0 Å². The van der Waals surface area contributed by atoms with Crippen LogP contribution in [0.15, 0.2) is 51.8 Å². The van der Waals surface area contributed by atoms with Crippen LogP contribution in [0.25, 0.3) is 0 Å². The molecule has 0 radical (unpaired) electrons. The van der Waals surface area contributed by atoms with Gasteiger partial charge in [-0.2, -0.15) is 0 Å². The van der Waals surface area contributed by atoms with Gasteiger partial charge in [0.2, 0.25) is 0 Å². The molecule has 0 spiro atoms. The molecule has 1 aliphatic rings. The summed E-state index contributed by atoms with van der Waals surface area (Å²) in [6.45, 7) is 2.63. The van der Waals surface area contributed by atoms with Gasteiger partial charge in [0.25, 0.3) is 10.0 Å². The maximum atomic E-state index is 12.6. The smallest absolute Gasteiger partial charge is 0.261 e. The van der Waals surface area contributed by atoms with Gasteiger partial charge in [0.15, 0.2) is 0 Å². The molecular weight excluding hydrogens is 416 g/mol. The molecule has 1 saturated heterocycles. The van der Waals surface area contributed by atoms with Crippen molar-refractivity contribution in [3.05, 3.63) is 52.0 Å². The number of ether oxygens (including phenoxy) is 1. The molecule has 0 saturated carbocycles. The highest BCUT2D eigenvalue weighted by Gasteiger charge is 2.20. The summed E-state index contributed by atoms with van der Waals surface area (Å²) < 4.78 is 34.1. The monoisotopic (exact) mass is 430 g/mol. The van der Waals surface area contributed by atoms with Crippen LogP contribution < -0.4 is 9.62 Å². The van der Waals surface area contributed by atoms with E-state index in [-0.39, 0.29) is 4.90 Å². The summed E-state index contributed by atoms with van der Waals surface area (Å²) in [7, 11) is -3.70. The zero-order valence-corrected chi connectivity index (χ0v) is 15.9. The zero-order chi connectivity index (χ0) is 17.2. The number of nitrogens with zero attached hydrogens (tertiary/aromatic N) is 1. The number of sulfonamides is 1. The third-order valence-corrected chi connectivity index (χ3v) is 5.82. The number of hydrogen-bond acceptors (Lipinski definition) is 4. The van der Waals surface area contributed by atoms with Gasteiger partial charge in [-0.3, -0.25) is 4.72 Å². The maximum absolute atomic E-state index is 12.6. The fraction of sp³-hybridized carbons (Fsp3) is 0.250. The Labute approximate surface area is 154 Å². The van der Waals surface area contributed by atoms with Crippen LogP contribution in [0.5, 0.6) is 0 Å². The molecule has 2 aromatic rings. The van der Waals surface area contributed by atoms with Crippen LogP contribution in [-0.2, 0) is 14.8 Å². The molecular formula is C16H16BrClN2O3S. The topological polar surface area (TPSA) is 58.6 Å². The number of morpholine rings is 1. The first kappa shape index (κ1) is 17.5. The number of benzene rings is 2. The molecule has 8 heteroatoms. The minimum absolute atomic E-state index is 0.193. The highest BCUT2D eigenvalue weighted by molar-refractivity contribution is 9.10. The Morgan fingerprint density at radius 3 is 2.42 bits per heavy atom. The van der Waals surface area contributed by atoms with Crippen LogP contribution in [0.4, 0.5) is 11.4 Å². The summed E-state index contributed by atoms with van der Waals surface area (Å²) in [6, 6.07) is 11.7. The molecule has 2 aromatic carbocycles. The third kappa shape index (κ3) is 4.03. The van der Waals surface area contributed by atoms with Crippen LogP contribution in [0.1, 0.15) is 0 Å². The van der Waals surface area contributed by atoms with Crippen LogP contribution in [0, 0.1) is 0 Å². The van der Waals surface area contributed by atoms with Crippen LogP contribution >= 0.6 is 27.5 Å². The van der Waals surface area contributed by atoms with Gasteiger partial charge in [-0.25, -0.2) is 8.42 Å². The molecule has 0 unspecified atom stereocenters. The van der Waals surface area contributed by atoms with Crippen molar-refractivity contribution in [3.63, 3.8) is 0 Å². The fourth-order valence-corrected chi connectivity index (χ4v) is 3.99. The van der Waals surface area contributed by atoms with Gasteiger partial charge < -0.3 is 9.64 Å². The van der Waals surface area contributed by atoms with Gasteiger partial charge in [0, 0.05) is 22.6 Å². The van der Waals surface area contributed by atoms with Crippen LogP contribution in [0.2, 0.25) is 5.02 Å². The molecule has 1 heterocycles. The van der Waals surface area contributed by atoms with Crippen LogP contribution in [-0.4, -0.2) is 34.7 Å². The Morgan fingerprint density at radius 2 is 1.75 bits per heavy atom. The second kappa shape index (κ2) is 7.31. The molecule has 1 N–H and O–H groups in total. The summed E-state index contributed by atoms with van der Waals surface area (Å²) in [5.74, 6) is 0. The van der Waals surface area contributed by atoms with E-state index in [0.717, 1.165) is 10.2 Å². The zero-order valence-electron chi connectivity index (χ0n) is 12.7. The van der Waals surface area contributed by atoms with Gasteiger partial charge in [0.05, 0.1) is 29.5 Å². The minimum Gasteiger partial charge on any atom is -0.378 e. The number of nitrogens with one attached hydrogen (secondary N) is 1. The third-order valence-electron chi connectivity index (χ3n) is 3.68. The van der Waals surface area contributed by atoms with E-state index >= 15 is 0 Å². The average molecular weight is 432 g/mol. The Kier molecular flexibility index (Phi) is 5.34. The highest BCUT2D eigenvalue weighted by Crippen LogP contribution is 2.31. The summed E-state index contributed by atoms with van der Waals surface area (Å²) in [6.07, 6.45) is 0. The lowest BCUT2D eigenvalue weighted by molar-refractivity contribution is 0.123. The van der Waals surface area contributed by atoms with Gasteiger partial charge in [0.1, 0.15) is 0 Å². The van der Waals surface area contributed by atoms with Crippen molar-refractivity contribution >= 4 is 48.9 Å². The first-order valence-electron chi connectivity index (χ1n) is 7.36. The summed E-state index contributed by atoms with van der Waals surface area (Å²) >= 11 is 9.37. The van der Waals surface area contributed by atoms with E-state index in [4.69, 9.17) is 16.3 Å². The molecule has 0 aromatic heterocycles. The summed E-state index contributed by atoms with van der Waals surface area (Å²) in [4.78, 5) is 2.28. The minimum atomic E-state index is -3.70. The molecule has 1 aliphatic heterocycles. The van der Waals surface area contributed by atoms with Gasteiger partial charge in [-0.15, -0.1) is 0 Å². The number of anilines is 2. The second-order valence-electron chi connectivity index (χ2n) is 5.32. The van der Waals surface area contributed by atoms with Gasteiger partial charge >= 0.3 is 0 Å². The molecule has 0 bridgehead atoms. The Hall–Kier alpha value is -1.28. The molecule has 128 valence electrons. The van der Waals surface area contributed by atoms with Gasteiger partial charge in [-0.1, -0.05) is 27.5 Å². The van der Waals surface area contributed by atoms with Crippen molar-refractivity contribution < 1.29 is 13.2 Å². The van der Waals surface area contributed by atoms with Crippen LogP contribution in [0.3, 0.4) is 0 Å². The predicted molar refractivity (Wildman–Crippen MR) is 99.4 cm³/mol. The second-order valence-corrected chi connectivity index (χ2v) is 8.35. The molecule has 3 rings (SSSR count). The molecule has 0 aliphatic carbocycles. The number of hydrogen-bond donors (Lipinski definition) is 1. The van der Waals surface area contributed by atoms with E-state index in [1.165, 1.54) is 0 Å². The highest BCUT2D eigenvalue weighted by atomic mass is 79.9. The van der Waals surface area contributed by atoms with Crippen molar-refractivity contribution in [2.24, 2.45) is 0 Å². The van der Waals surface area contributed by atoms with E-state index in [1.54, 1.807) is 36.4 Å². The predicted octanol–water partition coefficient (Wildman–Crippen LogP) is 3.74. The lowest BCUT2D eigenvalue weighted by Gasteiger charge is -2.30. The average Bonchev–Trinajstić information content (AvgIpc) is 2.56. The van der Waals surface area contributed by atoms with Crippen molar-refractivity contribution in [1.29, 1.82) is 0 Å². The Bertz CT molecular complexity index is 822. The molecule has 5 nitrogen and oxygen atoms in total. The van der Waals surface area contributed by atoms with E-state index in [1.807, 2.05) is 6.07 Å². The fourth-order valence-electron chi connectivity index (χ4n) is 2.49. The van der Waals surface area contributed by atoms with Gasteiger partial charge in [-0.05, 0) is 42.5 Å². The van der Waals surface area contributed by atoms with E-state index in [9.17, 15) is 8.42 Å². The first-order valence-corrected chi connectivity index (χ1v) is 10.0. The number of rotatable bonds is 4. The molecule has 24 heavy (non-hydrogen) atoms. The quantitative estimate of drug-likeness (QED) is 0.801. The normalized spacial score (nSPS) is 15.3. The van der Waals surface area contributed by atoms with E-state index in [0.29, 0.717) is 37.0 Å². The van der Waals surface area contributed by atoms with Crippen molar-refractivity contribution in [3.8, 4) is 0 Å². The SMILES string of the molecule is O=S(=O)(Nc1cc(Cl)ccc1N1CCOCC1)c1ccc(Br)cc1. The molecule has 0 atom stereocenters. The summed E-state index contributed by atoms with van der Waals surface area (Å²) in [5.41, 5.74) is 1.26. The lowest BCUT2D eigenvalue weighted by Crippen LogP contribution is -2.36. The standard InChI is InChI=1S/C16H16BrClN2O3S/c17-12-1-4-14(5-2-12)24(21,22)19-15-11-13(18)3-6-16(15)20-7-9-23-10-8-20/h1-6,11,19H,7-10H2. The van der Waals surface area contributed by atoms with E-state index in [2.05, 4.69) is 25.6 Å². The van der Waals surface area contributed by atoms with Crippen molar-refractivity contribution in [1.82, 2.24) is 0 Å². The first-order chi connectivity index (χ1) is 11.5. The molecule has 1 fully saturated rings. The lowest BCUT2D eigenvalue weighted by atomic mass is 10.2. The van der Waals surface area contributed by atoms with Crippen molar-refractivity contribution in [2.75, 3.05) is 35.9 Å². The largest absolute Gasteiger partial charge is 0.378 e. The maximum Gasteiger partial charge on any atom is 0.261 e.